The minimum atomic E-state index is -1.34. The summed E-state index contributed by atoms with van der Waals surface area (Å²) in [7, 11) is 1.30. The van der Waals surface area contributed by atoms with Crippen molar-refractivity contribution in [3.63, 3.8) is 0 Å². The van der Waals surface area contributed by atoms with E-state index in [0.29, 0.717) is 11.3 Å². The largest absolute Gasteiger partial charge is 0.464 e. The zero-order valence-electron chi connectivity index (χ0n) is 15.1. The van der Waals surface area contributed by atoms with Gasteiger partial charge in [0.15, 0.2) is 11.8 Å². The van der Waals surface area contributed by atoms with Crippen molar-refractivity contribution in [2.75, 3.05) is 13.7 Å². The Kier molecular flexibility index (Phi) is 4.11. The van der Waals surface area contributed by atoms with Crippen LogP contribution in [0.2, 0.25) is 0 Å². The van der Waals surface area contributed by atoms with E-state index >= 15 is 0 Å². The number of fused-ring (bicyclic) bond motifs is 1. The summed E-state index contributed by atoms with van der Waals surface area (Å²) in [5.74, 6) is -2.14. The number of methoxy groups -OCH3 is 1. The highest BCUT2D eigenvalue weighted by molar-refractivity contribution is 6.08. The van der Waals surface area contributed by atoms with Gasteiger partial charge in [0, 0.05) is 12.1 Å². The fourth-order valence-electron chi connectivity index (χ4n) is 4.61. The molecule has 0 radical (unpaired) electrons. The van der Waals surface area contributed by atoms with Crippen LogP contribution < -0.4 is 5.32 Å². The first-order valence-electron chi connectivity index (χ1n) is 8.94. The van der Waals surface area contributed by atoms with Gasteiger partial charge in [0.05, 0.1) is 13.4 Å². The van der Waals surface area contributed by atoms with Crippen molar-refractivity contribution in [1.29, 1.82) is 0 Å². The molecular weight excluding hydrogens is 348 g/mol. The molecule has 0 spiro atoms. The number of carbonyl (C=O) groups is 3. The summed E-state index contributed by atoms with van der Waals surface area (Å²) in [5.41, 5.74) is -0.700. The summed E-state index contributed by atoms with van der Waals surface area (Å²) in [4.78, 5) is 40.6. The molecule has 7 nitrogen and oxygen atoms in total. The second-order valence-corrected chi connectivity index (χ2v) is 6.86. The molecule has 7 heteroatoms. The zero-order valence-corrected chi connectivity index (χ0v) is 15.1. The van der Waals surface area contributed by atoms with Gasteiger partial charge < -0.3 is 14.5 Å². The molecule has 0 unspecified atom stereocenters. The van der Waals surface area contributed by atoms with Crippen molar-refractivity contribution in [1.82, 2.24) is 4.90 Å². The van der Waals surface area contributed by atoms with Crippen LogP contribution in [0.5, 0.6) is 0 Å². The first kappa shape index (κ1) is 17.5. The van der Waals surface area contributed by atoms with E-state index in [0.717, 1.165) is 0 Å². The molecule has 3 heterocycles. The van der Waals surface area contributed by atoms with Crippen LogP contribution in [0.3, 0.4) is 0 Å². The van der Waals surface area contributed by atoms with Gasteiger partial charge in [0.2, 0.25) is 17.4 Å². The van der Waals surface area contributed by atoms with E-state index in [9.17, 15) is 14.4 Å². The lowest BCUT2D eigenvalue weighted by Crippen LogP contribution is -2.96. The monoisotopic (exact) mass is 369 g/mol. The lowest BCUT2D eigenvalue weighted by molar-refractivity contribution is -0.743. The fourth-order valence-corrected chi connectivity index (χ4v) is 4.61. The van der Waals surface area contributed by atoms with Gasteiger partial charge in [0.1, 0.15) is 11.8 Å². The zero-order chi connectivity index (χ0) is 19.2. The van der Waals surface area contributed by atoms with Crippen LogP contribution in [0.1, 0.15) is 24.3 Å². The first-order chi connectivity index (χ1) is 13.1. The Hall–Kier alpha value is -2.93. The molecule has 2 aromatic rings. The van der Waals surface area contributed by atoms with Crippen molar-refractivity contribution in [3.8, 4) is 0 Å². The Morgan fingerprint density at radius 3 is 2.52 bits per heavy atom. The number of likely N-dealkylation sites (tertiary alicyclic amines) is 1. The predicted octanol–water partition coefficient (Wildman–Crippen LogP) is 0.587. The minimum Gasteiger partial charge on any atom is -0.464 e. The van der Waals surface area contributed by atoms with Gasteiger partial charge in [-0.3, -0.25) is 14.5 Å². The Morgan fingerprint density at radius 2 is 1.93 bits per heavy atom. The lowest BCUT2D eigenvalue weighted by atomic mass is 9.75. The van der Waals surface area contributed by atoms with Crippen molar-refractivity contribution >= 4 is 17.8 Å². The number of furan rings is 1. The van der Waals surface area contributed by atoms with Crippen molar-refractivity contribution in [2.24, 2.45) is 11.8 Å². The third kappa shape index (κ3) is 2.28. The van der Waals surface area contributed by atoms with Crippen molar-refractivity contribution in [3.05, 3.63) is 60.1 Å². The maximum absolute atomic E-state index is 13.2. The number of nitrogens with two attached hydrogens (primary N) is 1. The Balaban J connectivity index is 1.95. The van der Waals surface area contributed by atoms with Gasteiger partial charge in [-0.05, 0) is 19.1 Å². The van der Waals surface area contributed by atoms with E-state index in [-0.39, 0.29) is 18.4 Å². The summed E-state index contributed by atoms with van der Waals surface area (Å²) < 4.78 is 10.7. The maximum atomic E-state index is 13.2. The fraction of sp³-hybridized carbons (Fsp3) is 0.350. The molecule has 140 valence electrons. The second-order valence-electron chi connectivity index (χ2n) is 6.86. The molecule has 0 bridgehead atoms. The highest BCUT2D eigenvalue weighted by Crippen LogP contribution is 2.48. The molecule has 2 N–H and O–H groups in total. The van der Waals surface area contributed by atoms with Crippen LogP contribution >= 0.6 is 0 Å². The van der Waals surface area contributed by atoms with E-state index in [1.807, 2.05) is 18.2 Å². The van der Waals surface area contributed by atoms with Crippen molar-refractivity contribution in [2.45, 2.75) is 18.5 Å². The molecule has 4 rings (SSSR count). The second kappa shape index (κ2) is 6.35. The van der Waals surface area contributed by atoms with Crippen LogP contribution in [0.25, 0.3) is 0 Å². The van der Waals surface area contributed by atoms with E-state index < -0.39 is 29.4 Å². The third-order valence-electron chi connectivity index (χ3n) is 5.72. The van der Waals surface area contributed by atoms with Crippen LogP contribution in [-0.2, 0) is 24.7 Å². The summed E-state index contributed by atoms with van der Waals surface area (Å²) in [6.07, 6.45) is 1.53. The topological polar surface area (TPSA) is 93.4 Å². The number of amides is 2. The van der Waals surface area contributed by atoms with E-state index in [1.54, 1.807) is 36.5 Å². The Bertz CT molecular complexity index is 879. The van der Waals surface area contributed by atoms with Gasteiger partial charge in [-0.15, -0.1) is 0 Å². The number of nitrogens with zero attached hydrogens (tertiary/aromatic N) is 1. The van der Waals surface area contributed by atoms with Gasteiger partial charge in [0.25, 0.3) is 0 Å². The highest BCUT2D eigenvalue weighted by atomic mass is 16.5. The SMILES string of the molecule is CCN1C(=O)[C@H]2[C@@H](c3ccco3)[NH2+][C@](C(=O)OC)(c3ccccc3)[C@@H]2C1=O. The van der Waals surface area contributed by atoms with Gasteiger partial charge >= 0.3 is 5.97 Å². The molecule has 4 atom stereocenters. The summed E-state index contributed by atoms with van der Waals surface area (Å²) in [6.45, 7) is 2.02. The van der Waals surface area contributed by atoms with Gasteiger partial charge in [-0.25, -0.2) is 4.79 Å². The molecule has 27 heavy (non-hydrogen) atoms. The van der Waals surface area contributed by atoms with Crippen LogP contribution in [0.4, 0.5) is 0 Å². The van der Waals surface area contributed by atoms with Gasteiger partial charge in [-0.1, -0.05) is 30.3 Å². The molecule has 2 amide bonds. The summed E-state index contributed by atoms with van der Waals surface area (Å²) in [6, 6.07) is 12.1. The number of hydrogen-bond acceptors (Lipinski definition) is 5. The number of hydrogen-bond donors (Lipinski definition) is 1. The minimum absolute atomic E-state index is 0.265. The van der Waals surface area contributed by atoms with E-state index in [1.165, 1.54) is 18.3 Å². The molecule has 0 aliphatic carbocycles. The number of ether oxygens (including phenoxy) is 1. The normalized spacial score (nSPS) is 29.9. The summed E-state index contributed by atoms with van der Waals surface area (Å²) >= 11 is 0. The van der Waals surface area contributed by atoms with Crippen LogP contribution in [-0.4, -0.2) is 36.3 Å². The van der Waals surface area contributed by atoms with Crippen molar-refractivity contribution < 1.29 is 28.9 Å². The standard InChI is InChI=1S/C20H20N2O5/c1-3-22-17(23)14-15(18(22)24)20(19(25)26-2,12-8-5-4-6-9-12)21-16(14)13-10-7-11-27-13/h4-11,14-16,21H,3H2,1-2H3/p+1/t14-,15+,16-,20-/m1/s1. The Morgan fingerprint density at radius 1 is 1.19 bits per heavy atom. The third-order valence-corrected chi connectivity index (χ3v) is 5.72. The van der Waals surface area contributed by atoms with E-state index in [2.05, 4.69) is 0 Å². The average molecular weight is 369 g/mol. The number of rotatable bonds is 4. The maximum Gasteiger partial charge on any atom is 0.373 e. The lowest BCUT2D eigenvalue weighted by Gasteiger charge is -2.29. The van der Waals surface area contributed by atoms with Crippen LogP contribution in [0.15, 0.2) is 53.1 Å². The predicted molar refractivity (Wildman–Crippen MR) is 92.9 cm³/mol. The molecule has 2 fully saturated rings. The van der Waals surface area contributed by atoms with Gasteiger partial charge in [-0.2, -0.15) is 0 Å². The highest BCUT2D eigenvalue weighted by Gasteiger charge is 2.73. The smallest absolute Gasteiger partial charge is 0.373 e. The van der Waals surface area contributed by atoms with Crippen LogP contribution in [0, 0.1) is 11.8 Å². The molecule has 0 saturated carbocycles. The number of benzene rings is 1. The summed E-state index contributed by atoms with van der Waals surface area (Å²) in [5, 5.41) is 1.77. The quantitative estimate of drug-likeness (QED) is 0.629. The first-order valence-corrected chi connectivity index (χ1v) is 8.94. The number of quaternary nitrogens is 1. The number of carbonyl (C=O) groups excluding carboxylic acids is 3. The van der Waals surface area contributed by atoms with E-state index in [4.69, 9.17) is 9.15 Å². The number of imide groups is 1. The number of esters is 1. The molecular formula is C20H21N2O5+. The Labute approximate surface area is 156 Å². The molecule has 2 saturated heterocycles. The molecule has 2 aliphatic rings. The molecule has 1 aromatic carbocycles. The average Bonchev–Trinajstić information content (AvgIpc) is 3.39. The molecule has 1 aromatic heterocycles. The molecule has 2 aliphatic heterocycles.